The molecule has 40 heavy (non-hydrogen) atoms. The van der Waals surface area contributed by atoms with E-state index in [1.54, 1.807) is 5.38 Å². The summed E-state index contributed by atoms with van der Waals surface area (Å²) in [5, 5.41) is 4.61. The highest BCUT2D eigenvalue weighted by molar-refractivity contribution is 7.89. The fourth-order valence-electron chi connectivity index (χ4n) is 3.80. The van der Waals surface area contributed by atoms with Crippen molar-refractivity contribution >= 4 is 56.4 Å². The number of benzene rings is 2. The van der Waals surface area contributed by atoms with E-state index >= 15 is 0 Å². The number of nitrogens with zero attached hydrogens (tertiary/aromatic N) is 2. The number of amidine groups is 1. The van der Waals surface area contributed by atoms with Gasteiger partial charge in [0, 0.05) is 23.7 Å². The second-order valence-electron chi connectivity index (χ2n) is 8.14. The number of esters is 2. The first-order chi connectivity index (χ1) is 19.1. The smallest absolute Gasteiger partial charge is 0.338 e. The third-order valence-electron chi connectivity index (χ3n) is 5.75. The molecular weight excluding hydrogens is 590 g/mol. The number of carbonyl (C=O) groups is 2. The summed E-state index contributed by atoms with van der Waals surface area (Å²) < 4.78 is 65.5. The maximum absolute atomic E-state index is 14.5. The molecule has 0 spiro atoms. The molecule has 1 aliphatic heterocycles. The van der Waals surface area contributed by atoms with Crippen molar-refractivity contribution in [2.24, 2.45) is 4.99 Å². The largest absolute Gasteiger partial charge is 0.469 e. The maximum Gasteiger partial charge on any atom is 0.338 e. The second kappa shape index (κ2) is 12.2. The van der Waals surface area contributed by atoms with Crippen LogP contribution in [0, 0.1) is 11.6 Å². The van der Waals surface area contributed by atoms with Gasteiger partial charge in [-0.15, -0.1) is 11.3 Å². The number of nitrogens with one attached hydrogen (secondary N) is 2. The van der Waals surface area contributed by atoms with Gasteiger partial charge >= 0.3 is 11.9 Å². The van der Waals surface area contributed by atoms with Crippen LogP contribution in [0.3, 0.4) is 0 Å². The van der Waals surface area contributed by atoms with Gasteiger partial charge in [-0.2, -0.15) is 0 Å². The third kappa shape index (κ3) is 6.04. The molecule has 2 N–H and O–H groups in total. The van der Waals surface area contributed by atoms with Gasteiger partial charge in [0.2, 0.25) is 10.0 Å². The molecule has 0 saturated heterocycles. The number of sulfonamides is 1. The summed E-state index contributed by atoms with van der Waals surface area (Å²) in [4.78, 5) is 33.0. The van der Waals surface area contributed by atoms with Gasteiger partial charge in [0.15, 0.2) is 22.5 Å². The van der Waals surface area contributed by atoms with E-state index < -0.39 is 44.7 Å². The quantitative estimate of drug-likeness (QED) is 0.277. The lowest BCUT2D eigenvalue weighted by molar-refractivity contribution is -0.140. The molecule has 2 aromatic carbocycles. The lowest BCUT2D eigenvalue weighted by atomic mass is 9.93. The fourth-order valence-corrected chi connectivity index (χ4v) is 5.68. The Morgan fingerprint density at radius 2 is 1.85 bits per heavy atom. The highest BCUT2D eigenvalue weighted by Gasteiger charge is 2.35. The van der Waals surface area contributed by atoms with Crippen LogP contribution in [0.5, 0.6) is 0 Å². The fraction of sp³-hybridized carbons (Fsp3) is 0.200. The minimum atomic E-state index is -3.97. The molecule has 0 amide bonds. The van der Waals surface area contributed by atoms with Gasteiger partial charge in [-0.25, -0.2) is 31.7 Å². The topological polar surface area (TPSA) is 136 Å². The van der Waals surface area contributed by atoms with Gasteiger partial charge in [-0.05, 0) is 23.8 Å². The molecule has 2 heterocycles. The first kappa shape index (κ1) is 29.3. The van der Waals surface area contributed by atoms with E-state index in [2.05, 4.69) is 24.8 Å². The lowest BCUT2D eigenvalue weighted by Gasteiger charge is -2.27. The lowest BCUT2D eigenvalue weighted by Crippen LogP contribution is -2.33. The zero-order valence-corrected chi connectivity index (χ0v) is 23.3. The number of aromatic nitrogens is 1. The molecule has 210 valence electrons. The van der Waals surface area contributed by atoms with Gasteiger partial charge < -0.3 is 14.8 Å². The normalized spacial score (nSPS) is 15.3. The number of aliphatic imine (C=N–C) groups is 1. The van der Waals surface area contributed by atoms with Crippen LogP contribution in [-0.2, 0) is 29.1 Å². The van der Waals surface area contributed by atoms with Gasteiger partial charge in [0.1, 0.15) is 6.04 Å². The average molecular weight is 611 g/mol. The Labute approximate surface area is 236 Å². The number of ether oxygens (including phenoxy) is 2. The molecule has 0 radical (unpaired) electrons. The second-order valence-corrected chi connectivity index (χ2v) is 11.2. The first-order valence-corrected chi connectivity index (χ1v) is 14.2. The number of halogens is 3. The van der Waals surface area contributed by atoms with E-state index in [1.807, 2.05) is 0 Å². The zero-order valence-electron chi connectivity index (χ0n) is 20.9. The minimum absolute atomic E-state index is 0.00280. The predicted molar refractivity (Wildman–Crippen MR) is 143 cm³/mol. The molecule has 1 unspecified atom stereocenters. The van der Waals surface area contributed by atoms with E-state index in [1.165, 1.54) is 55.0 Å². The SMILES string of the molecule is COC(=O)CCNS(=O)(=O)c1ccc(C2=C(C(=O)OC)C(c3ccc(F)c(F)c3Cl)N=C(c3nccs3)N2)cc1. The molecule has 1 aliphatic rings. The standard InChI is InChI=1S/C25H21ClF2N4O6S2/c1-37-17(33)9-10-30-40(35,36)14-5-3-13(4-6-14)21-18(25(34)38-2)22(15-7-8-16(27)20(28)19(15)26)32-23(31-21)24-29-11-12-39-24/h3-8,11-12,22,30H,9-10H2,1-2H3,(H,31,32). The number of hydrogen-bond acceptors (Lipinski definition) is 10. The van der Waals surface area contributed by atoms with Gasteiger partial charge in [0.25, 0.3) is 0 Å². The highest BCUT2D eigenvalue weighted by Crippen LogP contribution is 2.40. The summed E-state index contributed by atoms with van der Waals surface area (Å²) in [5.41, 5.74) is 0.438. The summed E-state index contributed by atoms with van der Waals surface area (Å²) in [6.45, 7) is -0.166. The van der Waals surface area contributed by atoms with Crippen LogP contribution in [0.1, 0.15) is 28.6 Å². The van der Waals surface area contributed by atoms with E-state index in [4.69, 9.17) is 16.3 Å². The molecule has 15 heteroatoms. The van der Waals surface area contributed by atoms with Gasteiger partial charge in [0.05, 0.1) is 41.8 Å². The molecule has 0 bridgehead atoms. The van der Waals surface area contributed by atoms with Crippen molar-refractivity contribution in [1.82, 2.24) is 15.0 Å². The Bertz CT molecular complexity index is 1610. The van der Waals surface area contributed by atoms with E-state index in [-0.39, 0.29) is 40.5 Å². The summed E-state index contributed by atoms with van der Waals surface area (Å²) >= 11 is 7.39. The molecule has 3 aromatic rings. The molecule has 0 fully saturated rings. The predicted octanol–water partition coefficient (Wildman–Crippen LogP) is 3.59. The molecule has 0 aliphatic carbocycles. The number of carbonyl (C=O) groups excluding carboxylic acids is 2. The van der Waals surface area contributed by atoms with Crippen LogP contribution >= 0.6 is 22.9 Å². The van der Waals surface area contributed by atoms with Gasteiger partial charge in [-0.1, -0.05) is 29.8 Å². The summed E-state index contributed by atoms with van der Waals surface area (Å²) in [5.74, 6) is -3.67. The van der Waals surface area contributed by atoms with Crippen LogP contribution in [0.2, 0.25) is 5.02 Å². The Balaban J connectivity index is 1.80. The van der Waals surface area contributed by atoms with Crippen molar-refractivity contribution in [1.29, 1.82) is 0 Å². The van der Waals surface area contributed by atoms with Crippen LogP contribution in [-0.4, -0.2) is 51.9 Å². The van der Waals surface area contributed by atoms with E-state index in [9.17, 15) is 26.8 Å². The first-order valence-electron chi connectivity index (χ1n) is 11.4. The average Bonchev–Trinajstić information content (AvgIpc) is 3.50. The van der Waals surface area contributed by atoms with Crippen molar-refractivity contribution in [3.8, 4) is 0 Å². The van der Waals surface area contributed by atoms with Crippen molar-refractivity contribution < 1.29 is 36.3 Å². The number of thiazole rings is 1. The number of rotatable bonds is 9. The van der Waals surface area contributed by atoms with Crippen LogP contribution in [0.15, 0.2) is 63.4 Å². The van der Waals surface area contributed by atoms with E-state index in [0.29, 0.717) is 10.6 Å². The Morgan fingerprint density at radius 1 is 1.12 bits per heavy atom. The minimum Gasteiger partial charge on any atom is -0.469 e. The van der Waals surface area contributed by atoms with Crippen molar-refractivity contribution in [2.75, 3.05) is 20.8 Å². The Hall–Kier alpha value is -3.72. The van der Waals surface area contributed by atoms with Crippen molar-refractivity contribution in [3.63, 3.8) is 0 Å². The Kier molecular flexibility index (Phi) is 8.93. The summed E-state index contributed by atoms with van der Waals surface area (Å²) in [7, 11) is -1.63. The molecule has 1 atom stereocenters. The molecule has 0 saturated carbocycles. The Morgan fingerprint density at radius 3 is 2.48 bits per heavy atom. The molecular formula is C25H21ClF2N4O6S2. The van der Waals surface area contributed by atoms with Crippen molar-refractivity contribution in [2.45, 2.75) is 17.4 Å². The molecule has 4 rings (SSSR count). The van der Waals surface area contributed by atoms with Crippen LogP contribution < -0.4 is 10.0 Å². The molecule has 1 aromatic heterocycles. The van der Waals surface area contributed by atoms with Gasteiger partial charge in [-0.3, -0.25) is 9.79 Å². The third-order valence-corrected chi connectivity index (χ3v) is 8.39. The summed E-state index contributed by atoms with van der Waals surface area (Å²) in [6.07, 6.45) is 1.38. The van der Waals surface area contributed by atoms with Crippen LogP contribution in [0.4, 0.5) is 8.78 Å². The van der Waals surface area contributed by atoms with E-state index in [0.717, 1.165) is 13.2 Å². The molecule has 10 nitrogen and oxygen atoms in total. The summed E-state index contributed by atoms with van der Waals surface area (Å²) in [6, 6.07) is 6.34. The highest BCUT2D eigenvalue weighted by atomic mass is 35.5. The zero-order chi connectivity index (χ0) is 29.0. The number of methoxy groups -OCH3 is 2. The van der Waals surface area contributed by atoms with Crippen molar-refractivity contribution in [3.05, 3.63) is 86.3 Å². The van der Waals surface area contributed by atoms with Crippen LogP contribution in [0.25, 0.3) is 5.70 Å². The monoisotopic (exact) mass is 610 g/mol. The maximum atomic E-state index is 14.5. The number of hydrogen-bond donors (Lipinski definition) is 2.